The van der Waals surface area contributed by atoms with Crippen molar-refractivity contribution in [2.45, 2.75) is 57.2 Å². The minimum absolute atomic E-state index is 0.00795. The fourth-order valence-electron chi connectivity index (χ4n) is 4.44. The number of rotatable bonds is 6. The molecular weight excluding hydrogens is 338 g/mol. The van der Waals surface area contributed by atoms with E-state index < -0.39 is 12.1 Å². The number of aliphatic hydroxyl groups is 2. The topological polar surface area (TPSA) is 105 Å². The molecule has 8 nitrogen and oxygen atoms in total. The number of amides is 2. The Morgan fingerprint density at radius 2 is 2.00 bits per heavy atom. The third-order valence-corrected chi connectivity index (χ3v) is 6.59. The van der Waals surface area contributed by atoms with Crippen molar-refractivity contribution >= 4 is 12.0 Å². The van der Waals surface area contributed by atoms with Crippen molar-refractivity contribution in [2.75, 3.05) is 39.3 Å². The van der Waals surface area contributed by atoms with E-state index in [0.717, 1.165) is 38.6 Å². The summed E-state index contributed by atoms with van der Waals surface area (Å²) in [6.07, 6.45) is 3.41. The van der Waals surface area contributed by atoms with E-state index in [9.17, 15) is 19.8 Å². The van der Waals surface area contributed by atoms with E-state index in [1.807, 2.05) is 0 Å². The quantitative estimate of drug-likeness (QED) is 0.617. The van der Waals surface area contributed by atoms with Crippen LogP contribution in [0, 0.1) is 5.41 Å². The van der Waals surface area contributed by atoms with Crippen LogP contribution < -0.4 is 0 Å². The van der Waals surface area contributed by atoms with Crippen LogP contribution in [-0.4, -0.2) is 99.5 Å². The van der Waals surface area contributed by atoms with Crippen LogP contribution in [0.3, 0.4) is 0 Å². The first-order valence-corrected chi connectivity index (χ1v) is 9.69. The Morgan fingerprint density at radius 1 is 1.27 bits per heavy atom. The zero-order chi connectivity index (χ0) is 18.9. The Balaban J connectivity index is 1.44. The Morgan fingerprint density at radius 3 is 2.58 bits per heavy atom. The highest BCUT2D eigenvalue weighted by Crippen LogP contribution is 2.53. The van der Waals surface area contributed by atoms with Crippen LogP contribution in [0.1, 0.15) is 39.0 Å². The molecule has 8 heteroatoms. The molecule has 1 aliphatic carbocycles. The molecule has 3 N–H and O–H groups in total. The van der Waals surface area contributed by atoms with Crippen LogP contribution in [0.15, 0.2) is 0 Å². The number of likely N-dealkylation sites (tertiary alicyclic amines) is 1. The molecule has 0 aromatic rings. The van der Waals surface area contributed by atoms with Gasteiger partial charge in [0.1, 0.15) is 6.04 Å². The third-order valence-electron chi connectivity index (χ3n) is 6.59. The van der Waals surface area contributed by atoms with Crippen molar-refractivity contribution in [1.29, 1.82) is 0 Å². The van der Waals surface area contributed by atoms with Gasteiger partial charge in [-0.2, -0.15) is 0 Å². The molecule has 2 amide bonds. The van der Waals surface area contributed by atoms with Crippen molar-refractivity contribution < 1.29 is 24.9 Å². The summed E-state index contributed by atoms with van der Waals surface area (Å²) in [5.41, 5.74) is 0.156. The molecule has 3 aliphatic rings. The summed E-state index contributed by atoms with van der Waals surface area (Å²) >= 11 is 0. The van der Waals surface area contributed by atoms with Crippen LogP contribution in [0.2, 0.25) is 0 Å². The summed E-state index contributed by atoms with van der Waals surface area (Å²) in [6, 6.07) is -0.629. The van der Waals surface area contributed by atoms with Crippen molar-refractivity contribution in [2.24, 2.45) is 5.41 Å². The number of aliphatic hydroxyl groups excluding tert-OH is 2. The number of carbonyl (C=O) groups excluding carboxylic acids is 1. The molecule has 0 aromatic heterocycles. The molecule has 26 heavy (non-hydrogen) atoms. The second-order valence-electron chi connectivity index (χ2n) is 8.08. The van der Waals surface area contributed by atoms with Gasteiger partial charge in [0.15, 0.2) is 0 Å². The zero-order valence-corrected chi connectivity index (χ0v) is 15.5. The predicted molar refractivity (Wildman–Crippen MR) is 94.7 cm³/mol. The first-order valence-electron chi connectivity index (χ1n) is 9.69. The molecule has 0 bridgehead atoms. The van der Waals surface area contributed by atoms with Gasteiger partial charge >= 0.3 is 6.09 Å². The molecule has 3 fully saturated rings. The Bertz CT molecular complexity index is 539. The maximum atomic E-state index is 12.3. The fourth-order valence-corrected chi connectivity index (χ4v) is 4.44. The third kappa shape index (κ3) is 3.82. The summed E-state index contributed by atoms with van der Waals surface area (Å²) in [5, 5.41) is 29.2. The van der Waals surface area contributed by atoms with E-state index in [1.54, 1.807) is 11.8 Å². The maximum absolute atomic E-state index is 12.3. The zero-order valence-electron chi connectivity index (χ0n) is 15.5. The lowest BCUT2D eigenvalue weighted by atomic mass is 9.89. The fraction of sp³-hybridized carbons (Fsp3) is 0.889. The first-order chi connectivity index (χ1) is 12.4. The number of piperidine rings is 1. The molecule has 3 atom stereocenters. The van der Waals surface area contributed by atoms with Gasteiger partial charge in [0.25, 0.3) is 0 Å². The number of hydrogen-bond donors (Lipinski definition) is 3. The summed E-state index contributed by atoms with van der Waals surface area (Å²) in [4.78, 5) is 28.5. The lowest BCUT2D eigenvalue weighted by molar-refractivity contribution is -0.139. The predicted octanol–water partition coefficient (Wildman–Crippen LogP) is 0.185. The van der Waals surface area contributed by atoms with Crippen molar-refractivity contribution in [1.82, 2.24) is 14.7 Å². The molecule has 0 radical (unpaired) electrons. The van der Waals surface area contributed by atoms with Crippen LogP contribution in [0.25, 0.3) is 0 Å². The summed E-state index contributed by atoms with van der Waals surface area (Å²) in [6.45, 7) is 4.55. The van der Waals surface area contributed by atoms with Gasteiger partial charge in [-0.1, -0.05) is 0 Å². The molecule has 148 valence electrons. The number of carboxylic acid groups (broad SMARTS) is 1. The Labute approximate surface area is 154 Å². The van der Waals surface area contributed by atoms with E-state index in [-0.39, 0.29) is 30.1 Å². The van der Waals surface area contributed by atoms with Gasteiger partial charge < -0.3 is 20.2 Å². The second kappa shape index (κ2) is 7.70. The van der Waals surface area contributed by atoms with Crippen molar-refractivity contribution in [3.63, 3.8) is 0 Å². The van der Waals surface area contributed by atoms with E-state index in [4.69, 9.17) is 5.11 Å². The number of β-amino-alcohol motifs (C(OH)–C–C–N with tert-alkyl or cyclic N) is 1. The summed E-state index contributed by atoms with van der Waals surface area (Å²) < 4.78 is 0. The highest BCUT2D eigenvalue weighted by Gasteiger charge is 2.51. The second-order valence-corrected chi connectivity index (χ2v) is 8.08. The van der Waals surface area contributed by atoms with Gasteiger partial charge in [0.05, 0.1) is 12.7 Å². The average Bonchev–Trinajstić information content (AvgIpc) is 3.39. The number of hydrogen-bond acceptors (Lipinski definition) is 5. The first kappa shape index (κ1) is 19.4. The molecule has 0 aromatic carbocycles. The number of nitrogens with zero attached hydrogens (tertiary/aromatic N) is 3. The highest BCUT2D eigenvalue weighted by atomic mass is 16.4. The minimum atomic E-state index is -1.05. The molecule has 1 spiro atoms. The van der Waals surface area contributed by atoms with E-state index in [1.165, 1.54) is 4.90 Å². The van der Waals surface area contributed by atoms with E-state index >= 15 is 0 Å². The van der Waals surface area contributed by atoms with Crippen molar-refractivity contribution in [3.05, 3.63) is 0 Å². The van der Waals surface area contributed by atoms with Crippen LogP contribution >= 0.6 is 0 Å². The molecule has 2 saturated heterocycles. The minimum Gasteiger partial charge on any atom is -0.465 e. The van der Waals surface area contributed by atoms with E-state index in [2.05, 4.69) is 4.90 Å². The molecule has 2 aliphatic heterocycles. The SMILES string of the molecule is C[C@H]1C(=O)N(CCC[C@@H](CO)N2CCC3(CC3)[C@H](O)C2)CCN1C(=O)O. The van der Waals surface area contributed by atoms with Gasteiger partial charge in [-0.3, -0.25) is 14.6 Å². The standard InChI is InChI=1S/C18H31N3O5/c1-13-16(24)19(9-10-21(13)17(25)26)7-2-3-14(12-22)20-8-6-18(4-5-18)15(23)11-20/h13-15,22-23H,2-12H2,1H3,(H,25,26)/t13-,14-,15+/m0/s1. The molecule has 2 heterocycles. The smallest absolute Gasteiger partial charge is 0.408 e. The van der Waals surface area contributed by atoms with Gasteiger partial charge in [0, 0.05) is 32.2 Å². The van der Waals surface area contributed by atoms with Crippen LogP contribution in [0.5, 0.6) is 0 Å². The summed E-state index contributed by atoms with van der Waals surface area (Å²) in [7, 11) is 0. The van der Waals surface area contributed by atoms with Crippen molar-refractivity contribution in [3.8, 4) is 0 Å². The Kier molecular flexibility index (Phi) is 5.74. The Hall–Kier alpha value is -1.38. The molecule has 1 saturated carbocycles. The highest BCUT2D eigenvalue weighted by molar-refractivity contribution is 5.86. The number of piperazine rings is 1. The molecule has 3 rings (SSSR count). The van der Waals surface area contributed by atoms with Gasteiger partial charge in [-0.25, -0.2) is 4.79 Å². The monoisotopic (exact) mass is 369 g/mol. The van der Waals surface area contributed by atoms with Gasteiger partial charge in [-0.05, 0) is 51.0 Å². The van der Waals surface area contributed by atoms with E-state index in [0.29, 0.717) is 26.2 Å². The van der Waals surface area contributed by atoms with Crippen LogP contribution in [-0.2, 0) is 4.79 Å². The van der Waals surface area contributed by atoms with Gasteiger partial charge in [0.2, 0.25) is 5.91 Å². The molecular formula is C18H31N3O5. The maximum Gasteiger partial charge on any atom is 0.408 e. The average molecular weight is 369 g/mol. The largest absolute Gasteiger partial charge is 0.465 e. The normalized spacial score (nSPS) is 29.9. The lowest BCUT2D eigenvalue weighted by Gasteiger charge is -2.41. The molecule has 0 unspecified atom stereocenters. The summed E-state index contributed by atoms with van der Waals surface area (Å²) in [5.74, 6) is -0.150. The lowest BCUT2D eigenvalue weighted by Crippen LogP contribution is -2.57. The van der Waals surface area contributed by atoms with Gasteiger partial charge in [-0.15, -0.1) is 0 Å². The number of carbonyl (C=O) groups is 2. The van der Waals surface area contributed by atoms with Crippen LogP contribution in [0.4, 0.5) is 4.79 Å².